The van der Waals surface area contributed by atoms with Gasteiger partial charge in [0.15, 0.2) is 0 Å². The van der Waals surface area contributed by atoms with Crippen LogP contribution >= 0.6 is 0 Å². The van der Waals surface area contributed by atoms with E-state index in [4.69, 9.17) is 0 Å². The number of aliphatic hydroxyl groups is 1. The van der Waals surface area contributed by atoms with Gasteiger partial charge in [-0.1, -0.05) is 44.2 Å². The molecule has 0 fully saturated rings. The molecule has 0 radical (unpaired) electrons. The minimum atomic E-state index is -0.162. The predicted octanol–water partition coefficient (Wildman–Crippen LogP) is 4.64. The Kier molecular flexibility index (Phi) is 4.30. The molecule has 0 aromatic heterocycles. The molecule has 1 nitrogen and oxygen atoms in total. The minimum Gasteiger partial charge on any atom is -0.396 e. The van der Waals surface area contributed by atoms with E-state index in [2.05, 4.69) is 38.1 Å². The SMILES string of the molecule is C[C@@H](CO)C[C@H]1c2ccccc2Cc2ccc(F)cc2[C@H]1C. The maximum absolute atomic E-state index is 13.7. The molecule has 0 spiro atoms. The molecular formula is C20H23FO. The Bertz CT molecular complexity index is 665. The molecule has 116 valence electrons. The first-order valence-electron chi connectivity index (χ1n) is 8.07. The average Bonchev–Trinajstić information content (AvgIpc) is 2.64. The lowest BCUT2D eigenvalue weighted by atomic mass is 9.78. The second-order valence-electron chi connectivity index (χ2n) is 6.64. The summed E-state index contributed by atoms with van der Waals surface area (Å²) in [4.78, 5) is 0. The van der Waals surface area contributed by atoms with Gasteiger partial charge in [0.05, 0.1) is 0 Å². The molecule has 3 rings (SSSR count). The second-order valence-corrected chi connectivity index (χ2v) is 6.64. The Balaban J connectivity index is 2.11. The van der Waals surface area contributed by atoms with Gasteiger partial charge in [-0.2, -0.15) is 0 Å². The highest BCUT2D eigenvalue weighted by atomic mass is 19.1. The van der Waals surface area contributed by atoms with Gasteiger partial charge >= 0.3 is 0 Å². The fourth-order valence-corrected chi connectivity index (χ4v) is 3.74. The molecule has 0 amide bonds. The zero-order chi connectivity index (χ0) is 15.7. The molecule has 3 atom stereocenters. The van der Waals surface area contributed by atoms with Gasteiger partial charge in [-0.3, -0.25) is 0 Å². The monoisotopic (exact) mass is 298 g/mol. The van der Waals surface area contributed by atoms with Crippen LogP contribution in [-0.2, 0) is 6.42 Å². The Morgan fingerprint density at radius 3 is 2.64 bits per heavy atom. The largest absolute Gasteiger partial charge is 0.396 e. The molecule has 22 heavy (non-hydrogen) atoms. The number of rotatable bonds is 3. The number of benzene rings is 2. The summed E-state index contributed by atoms with van der Waals surface area (Å²) < 4.78 is 13.7. The first-order valence-corrected chi connectivity index (χ1v) is 8.07. The molecule has 2 aromatic rings. The molecule has 0 bridgehead atoms. The molecule has 0 unspecified atom stereocenters. The summed E-state index contributed by atoms with van der Waals surface area (Å²) in [5, 5.41) is 9.45. The van der Waals surface area contributed by atoms with Gasteiger partial charge in [-0.25, -0.2) is 4.39 Å². The van der Waals surface area contributed by atoms with Gasteiger partial charge < -0.3 is 5.11 Å². The highest BCUT2D eigenvalue weighted by molar-refractivity contribution is 5.45. The van der Waals surface area contributed by atoms with Gasteiger partial charge in [-0.05, 0) is 65.0 Å². The van der Waals surface area contributed by atoms with E-state index < -0.39 is 0 Å². The van der Waals surface area contributed by atoms with E-state index >= 15 is 0 Å². The van der Waals surface area contributed by atoms with Crippen LogP contribution in [0.2, 0.25) is 0 Å². The van der Waals surface area contributed by atoms with Crippen molar-refractivity contribution >= 4 is 0 Å². The molecule has 1 N–H and O–H groups in total. The highest BCUT2D eigenvalue weighted by Crippen LogP contribution is 2.43. The van der Waals surface area contributed by atoms with Gasteiger partial charge in [0.2, 0.25) is 0 Å². The number of halogens is 1. The molecule has 0 heterocycles. The van der Waals surface area contributed by atoms with Crippen molar-refractivity contribution in [3.05, 3.63) is 70.5 Å². The third kappa shape index (κ3) is 2.80. The van der Waals surface area contributed by atoms with E-state index in [9.17, 15) is 9.50 Å². The van der Waals surface area contributed by atoms with E-state index in [1.807, 2.05) is 6.07 Å². The number of fused-ring (bicyclic) bond motifs is 2. The lowest BCUT2D eigenvalue weighted by molar-refractivity contribution is 0.219. The Morgan fingerprint density at radius 2 is 1.86 bits per heavy atom. The summed E-state index contributed by atoms with van der Waals surface area (Å²) in [6.07, 6.45) is 1.78. The third-order valence-electron chi connectivity index (χ3n) is 5.01. The van der Waals surface area contributed by atoms with Crippen LogP contribution in [0.25, 0.3) is 0 Å². The van der Waals surface area contributed by atoms with Crippen molar-refractivity contribution in [3.63, 3.8) is 0 Å². The smallest absolute Gasteiger partial charge is 0.123 e. The van der Waals surface area contributed by atoms with Crippen LogP contribution < -0.4 is 0 Å². The molecule has 0 saturated heterocycles. The lowest BCUT2D eigenvalue weighted by Crippen LogP contribution is -2.14. The third-order valence-corrected chi connectivity index (χ3v) is 5.01. The molecule has 0 saturated carbocycles. The van der Waals surface area contributed by atoms with Gasteiger partial charge in [0.1, 0.15) is 5.82 Å². The maximum atomic E-state index is 13.7. The van der Waals surface area contributed by atoms with Crippen molar-refractivity contribution in [2.75, 3.05) is 6.61 Å². The summed E-state index contributed by atoms with van der Waals surface area (Å²) in [7, 11) is 0. The predicted molar refractivity (Wildman–Crippen MR) is 87.7 cm³/mol. The Morgan fingerprint density at radius 1 is 1.14 bits per heavy atom. The Hall–Kier alpha value is -1.67. The summed E-state index contributed by atoms with van der Waals surface area (Å²) in [5.41, 5.74) is 5.02. The van der Waals surface area contributed by atoms with Crippen LogP contribution in [0.1, 0.15) is 54.4 Å². The van der Waals surface area contributed by atoms with Crippen molar-refractivity contribution < 1.29 is 9.50 Å². The topological polar surface area (TPSA) is 20.2 Å². The zero-order valence-electron chi connectivity index (χ0n) is 13.2. The van der Waals surface area contributed by atoms with Gasteiger partial charge in [0.25, 0.3) is 0 Å². The minimum absolute atomic E-state index is 0.162. The number of hydrogen-bond donors (Lipinski definition) is 1. The number of aliphatic hydroxyl groups excluding tert-OH is 1. The average molecular weight is 298 g/mol. The molecule has 0 aliphatic heterocycles. The summed E-state index contributed by atoms with van der Waals surface area (Å²) in [6, 6.07) is 13.7. The molecular weight excluding hydrogens is 275 g/mol. The quantitative estimate of drug-likeness (QED) is 0.875. The first-order chi connectivity index (χ1) is 10.6. The van der Waals surface area contributed by atoms with Crippen LogP contribution in [0.15, 0.2) is 42.5 Å². The number of hydrogen-bond acceptors (Lipinski definition) is 1. The fraction of sp³-hybridized carbons (Fsp3) is 0.400. The summed E-state index contributed by atoms with van der Waals surface area (Å²) >= 11 is 0. The van der Waals surface area contributed by atoms with Crippen molar-refractivity contribution in [1.29, 1.82) is 0 Å². The van der Waals surface area contributed by atoms with E-state index in [-0.39, 0.29) is 24.3 Å². The summed E-state index contributed by atoms with van der Waals surface area (Å²) in [5.74, 6) is 0.658. The van der Waals surface area contributed by atoms with Crippen molar-refractivity contribution in [2.24, 2.45) is 5.92 Å². The van der Waals surface area contributed by atoms with Gasteiger partial charge in [0, 0.05) is 6.61 Å². The van der Waals surface area contributed by atoms with Crippen LogP contribution in [0.5, 0.6) is 0 Å². The normalized spacial score (nSPS) is 21.6. The van der Waals surface area contributed by atoms with E-state index in [0.29, 0.717) is 5.92 Å². The van der Waals surface area contributed by atoms with E-state index in [1.165, 1.54) is 16.7 Å². The molecule has 1 aliphatic carbocycles. The second kappa shape index (κ2) is 6.21. The zero-order valence-corrected chi connectivity index (χ0v) is 13.2. The molecule has 1 aliphatic rings. The van der Waals surface area contributed by atoms with Crippen molar-refractivity contribution in [2.45, 2.75) is 38.5 Å². The van der Waals surface area contributed by atoms with Crippen molar-refractivity contribution in [3.8, 4) is 0 Å². The van der Waals surface area contributed by atoms with Crippen LogP contribution in [0, 0.1) is 11.7 Å². The maximum Gasteiger partial charge on any atom is 0.123 e. The highest BCUT2D eigenvalue weighted by Gasteiger charge is 2.29. The molecule has 2 aromatic carbocycles. The van der Waals surface area contributed by atoms with Crippen LogP contribution in [-0.4, -0.2) is 11.7 Å². The van der Waals surface area contributed by atoms with Crippen LogP contribution in [0.3, 0.4) is 0 Å². The standard InChI is InChI=1S/C20H23FO/c1-13(12-22)9-20-14(2)19-11-17(21)8-7-16(19)10-15-5-3-4-6-18(15)20/h3-8,11,13-14,20,22H,9-10,12H2,1-2H3/t13-,14-,20-/m1/s1. The van der Waals surface area contributed by atoms with Crippen LogP contribution in [0.4, 0.5) is 4.39 Å². The first kappa shape index (κ1) is 15.2. The lowest BCUT2D eigenvalue weighted by Gasteiger charge is -2.27. The van der Waals surface area contributed by atoms with E-state index in [0.717, 1.165) is 18.4 Å². The van der Waals surface area contributed by atoms with E-state index in [1.54, 1.807) is 12.1 Å². The molecule has 2 heteroatoms. The van der Waals surface area contributed by atoms with Gasteiger partial charge in [-0.15, -0.1) is 0 Å². The summed E-state index contributed by atoms with van der Waals surface area (Å²) in [6.45, 7) is 4.46. The van der Waals surface area contributed by atoms with Crippen molar-refractivity contribution in [1.82, 2.24) is 0 Å². The fourth-order valence-electron chi connectivity index (χ4n) is 3.74. The Labute approximate surface area is 131 Å².